The van der Waals surface area contributed by atoms with E-state index < -0.39 is 28.5 Å². The molecule has 1 unspecified atom stereocenters. The number of rotatable bonds is 9. The molecule has 32 heavy (non-hydrogen) atoms. The zero-order valence-corrected chi connectivity index (χ0v) is 19.2. The molecular weight excluding hydrogens is 430 g/mol. The van der Waals surface area contributed by atoms with Gasteiger partial charge < -0.3 is 15.0 Å². The van der Waals surface area contributed by atoms with Gasteiger partial charge in [0.15, 0.2) is 6.61 Å². The molecule has 2 N–H and O–H groups in total. The summed E-state index contributed by atoms with van der Waals surface area (Å²) < 4.78 is 32.2. The normalized spacial score (nSPS) is 14.8. The summed E-state index contributed by atoms with van der Waals surface area (Å²) in [5.41, 5.74) is 1.91. The van der Waals surface area contributed by atoms with E-state index >= 15 is 0 Å². The van der Waals surface area contributed by atoms with Gasteiger partial charge in [-0.25, -0.2) is 17.9 Å². The number of nitrogens with zero attached hydrogens (tertiary/aromatic N) is 1. The van der Waals surface area contributed by atoms with Gasteiger partial charge in [-0.2, -0.15) is 0 Å². The van der Waals surface area contributed by atoms with E-state index in [2.05, 4.69) is 14.9 Å². The molecule has 1 atom stereocenters. The van der Waals surface area contributed by atoms with Crippen molar-refractivity contribution in [2.75, 3.05) is 29.9 Å². The number of hydrogen-bond acceptors (Lipinski definition) is 6. The van der Waals surface area contributed by atoms with Crippen molar-refractivity contribution in [3.8, 4) is 0 Å². The number of hydrogen-bond donors (Lipinski definition) is 2. The first-order valence-corrected chi connectivity index (χ1v) is 12.2. The number of ether oxygens (including phenoxy) is 1. The number of nitrogens with one attached hydrogen (secondary N) is 2. The Labute approximate surface area is 189 Å². The molecule has 1 fully saturated rings. The van der Waals surface area contributed by atoms with Crippen LogP contribution in [0.1, 0.15) is 43.5 Å². The van der Waals surface area contributed by atoms with E-state index in [0.717, 1.165) is 18.8 Å². The highest BCUT2D eigenvalue weighted by molar-refractivity contribution is 7.89. The summed E-state index contributed by atoms with van der Waals surface area (Å²) in [4.78, 5) is 26.7. The van der Waals surface area contributed by atoms with Crippen molar-refractivity contribution in [2.24, 2.45) is 0 Å². The Morgan fingerprint density at radius 2 is 1.66 bits per heavy atom. The van der Waals surface area contributed by atoms with Gasteiger partial charge in [-0.15, -0.1) is 0 Å². The summed E-state index contributed by atoms with van der Waals surface area (Å²) in [6.45, 7) is 5.30. The summed E-state index contributed by atoms with van der Waals surface area (Å²) in [7, 11) is -3.65. The Bertz CT molecular complexity index is 1030. The third-order valence-corrected chi connectivity index (χ3v) is 6.93. The van der Waals surface area contributed by atoms with Crippen molar-refractivity contribution in [3.05, 3.63) is 54.1 Å². The minimum absolute atomic E-state index is 0.0597. The second kappa shape index (κ2) is 10.6. The van der Waals surface area contributed by atoms with E-state index in [1.165, 1.54) is 37.1 Å². The van der Waals surface area contributed by atoms with Crippen LogP contribution in [-0.2, 0) is 19.6 Å². The molecule has 8 nitrogen and oxygen atoms in total. The zero-order chi connectivity index (χ0) is 23.1. The molecule has 2 aromatic rings. The maximum absolute atomic E-state index is 12.3. The highest BCUT2D eigenvalue weighted by Crippen LogP contribution is 2.22. The molecule has 0 bridgehead atoms. The van der Waals surface area contributed by atoms with Gasteiger partial charge in [0.25, 0.3) is 5.91 Å². The van der Waals surface area contributed by atoms with E-state index in [0.29, 0.717) is 12.1 Å². The molecule has 9 heteroatoms. The molecule has 0 radical (unpaired) electrons. The molecule has 2 aromatic carbocycles. The quantitative estimate of drug-likeness (QED) is 0.558. The van der Waals surface area contributed by atoms with Gasteiger partial charge in [0.05, 0.1) is 10.5 Å². The Morgan fingerprint density at radius 1 is 1.03 bits per heavy atom. The molecule has 1 saturated heterocycles. The summed E-state index contributed by atoms with van der Waals surface area (Å²) in [5.74, 6) is -1.16. The lowest BCUT2D eigenvalue weighted by molar-refractivity contribution is -0.119. The van der Waals surface area contributed by atoms with E-state index in [4.69, 9.17) is 4.74 Å². The van der Waals surface area contributed by atoms with Gasteiger partial charge in [0.2, 0.25) is 10.0 Å². The van der Waals surface area contributed by atoms with Crippen LogP contribution in [0.4, 0.5) is 11.4 Å². The largest absolute Gasteiger partial charge is 0.452 e. The van der Waals surface area contributed by atoms with Gasteiger partial charge in [-0.1, -0.05) is 6.92 Å². The third-order valence-electron chi connectivity index (χ3n) is 5.33. The van der Waals surface area contributed by atoms with Crippen molar-refractivity contribution in [3.63, 3.8) is 0 Å². The molecule has 0 saturated carbocycles. The minimum atomic E-state index is -3.65. The highest BCUT2D eigenvalue weighted by Gasteiger charge is 2.18. The van der Waals surface area contributed by atoms with Crippen LogP contribution in [0.25, 0.3) is 0 Å². The lowest BCUT2D eigenvalue weighted by Gasteiger charge is -2.17. The second-order valence-electron chi connectivity index (χ2n) is 7.82. The van der Waals surface area contributed by atoms with Crippen LogP contribution in [0.2, 0.25) is 0 Å². The van der Waals surface area contributed by atoms with Crippen LogP contribution >= 0.6 is 0 Å². The SMILES string of the molecule is CCC(C)NS(=O)(=O)c1ccc(C(=O)OCC(=O)Nc2ccc(N3CCCC3)cc2)cc1. The summed E-state index contributed by atoms with van der Waals surface area (Å²) in [6.07, 6.45) is 3.04. The van der Waals surface area contributed by atoms with Gasteiger partial charge in [-0.3, -0.25) is 4.79 Å². The Morgan fingerprint density at radius 3 is 2.25 bits per heavy atom. The first-order chi connectivity index (χ1) is 15.3. The minimum Gasteiger partial charge on any atom is -0.452 e. The van der Waals surface area contributed by atoms with Crippen molar-refractivity contribution < 1.29 is 22.7 Å². The van der Waals surface area contributed by atoms with Gasteiger partial charge in [-0.05, 0) is 74.7 Å². The first-order valence-electron chi connectivity index (χ1n) is 10.7. The number of carbonyl (C=O) groups is 2. The van der Waals surface area contributed by atoms with Crippen molar-refractivity contribution in [2.45, 2.75) is 44.0 Å². The fraction of sp³-hybridized carbons (Fsp3) is 0.391. The Kier molecular flexibility index (Phi) is 7.87. The van der Waals surface area contributed by atoms with Crippen LogP contribution < -0.4 is 14.9 Å². The number of amides is 1. The van der Waals surface area contributed by atoms with Crippen LogP contribution in [0.5, 0.6) is 0 Å². The fourth-order valence-electron chi connectivity index (χ4n) is 3.33. The van der Waals surface area contributed by atoms with Gasteiger partial charge >= 0.3 is 5.97 Å². The zero-order valence-electron chi connectivity index (χ0n) is 18.3. The average Bonchev–Trinajstić information content (AvgIpc) is 3.32. The number of anilines is 2. The molecule has 0 aromatic heterocycles. The average molecular weight is 460 g/mol. The highest BCUT2D eigenvalue weighted by atomic mass is 32.2. The summed E-state index contributed by atoms with van der Waals surface area (Å²) >= 11 is 0. The molecule has 0 spiro atoms. The van der Waals surface area contributed by atoms with E-state index in [9.17, 15) is 18.0 Å². The lowest BCUT2D eigenvalue weighted by Crippen LogP contribution is -2.32. The first kappa shape index (κ1) is 23.7. The fourth-order valence-corrected chi connectivity index (χ4v) is 4.66. The van der Waals surface area contributed by atoms with E-state index in [-0.39, 0.29) is 16.5 Å². The van der Waals surface area contributed by atoms with Crippen LogP contribution in [0.3, 0.4) is 0 Å². The van der Waals surface area contributed by atoms with Gasteiger partial charge in [0, 0.05) is 30.5 Å². The smallest absolute Gasteiger partial charge is 0.338 e. The van der Waals surface area contributed by atoms with Crippen molar-refractivity contribution >= 4 is 33.3 Å². The second-order valence-corrected chi connectivity index (χ2v) is 9.53. The van der Waals surface area contributed by atoms with E-state index in [1.807, 2.05) is 31.2 Å². The van der Waals surface area contributed by atoms with E-state index in [1.54, 1.807) is 6.92 Å². The summed E-state index contributed by atoms with van der Waals surface area (Å²) in [5, 5.41) is 2.70. The number of carbonyl (C=O) groups excluding carboxylic acids is 2. The predicted octanol–water partition coefficient (Wildman–Crippen LogP) is 3.16. The topological polar surface area (TPSA) is 105 Å². The number of esters is 1. The van der Waals surface area contributed by atoms with Crippen LogP contribution in [0.15, 0.2) is 53.4 Å². The van der Waals surface area contributed by atoms with Crippen LogP contribution in [-0.4, -0.2) is 46.0 Å². The summed E-state index contributed by atoms with van der Waals surface area (Å²) in [6, 6.07) is 12.8. The van der Waals surface area contributed by atoms with Crippen molar-refractivity contribution in [1.29, 1.82) is 0 Å². The molecule has 0 aliphatic carbocycles. The Hall–Kier alpha value is -2.91. The van der Waals surface area contributed by atoms with Gasteiger partial charge in [0.1, 0.15) is 0 Å². The predicted molar refractivity (Wildman–Crippen MR) is 123 cm³/mol. The molecule has 3 rings (SSSR count). The molecule has 1 amide bonds. The molecule has 1 aliphatic heterocycles. The molecule has 1 heterocycles. The number of sulfonamides is 1. The lowest BCUT2D eigenvalue weighted by atomic mass is 10.2. The molecular formula is C23H29N3O5S. The molecule has 1 aliphatic rings. The Balaban J connectivity index is 1.50. The number of benzene rings is 2. The maximum atomic E-state index is 12.3. The van der Waals surface area contributed by atoms with Crippen LogP contribution in [0, 0.1) is 0 Å². The standard InChI is InChI=1S/C23H29N3O5S/c1-3-17(2)25-32(29,30)21-12-6-18(7-13-21)23(28)31-16-22(27)24-19-8-10-20(11-9-19)26-14-4-5-15-26/h6-13,17,25H,3-5,14-16H2,1-2H3,(H,24,27). The van der Waals surface area contributed by atoms with Crippen molar-refractivity contribution in [1.82, 2.24) is 4.72 Å². The maximum Gasteiger partial charge on any atom is 0.338 e. The third kappa shape index (κ3) is 6.30. The monoisotopic (exact) mass is 459 g/mol. The molecule has 172 valence electrons.